The second kappa shape index (κ2) is 9.40. The number of nitrogens with zero attached hydrogens (tertiary/aromatic N) is 4. The Kier molecular flexibility index (Phi) is 6.94. The zero-order chi connectivity index (χ0) is 19.2. The summed E-state index contributed by atoms with van der Waals surface area (Å²) in [4.78, 5) is 14.9. The highest BCUT2D eigenvalue weighted by Crippen LogP contribution is 2.25. The Morgan fingerprint density at radius 1 is 1.15 bits per heavy atom. The fraction of sp³-hybridized carbons (Fsp3) is 0.571. The van der Waals surface area contributed by atoms with Gasteiger partial charge in [-0.2, -0.15) is 0 Å². The van der Waals surface area contributed by atoms with Crippen LogP contribution in [0.4, 0.5) is 0 Å². The fourth-order valence-corrected chi connectivity index (χ4v) is 4.75. The van der Waals surface area contributed by atoms with Gasteiger partial charge in [0, 0.05) is 25.0 Å². The van der Waals surface area contributed by atoms with Gasteiger partial charge in [0.1, 0.15) is 5.82 Å². The molecule has 6 heteroatoms. The van der Waals surface area contributed by atoms with E-state index >= 15 is 0 Å². The third-order valence-electron chi connectivity index (χ3n) is 5.25. The lowest BCUT2D eigenvalue weighted by Gasteiger charge is -2.39. The van der Waals surface area contributed by atoms with Gasteiger partial charge < -0.3 is 9.47 Å². The molecule has 1 aliphatic heterocycles. The maximum absolute atomic E-state index is 12.8. The average molecular weight is 387 g/mol. The minimum atomic E-state index is 0.218. The summed E-state index contributed by atoms with van der Waals surface area (Å²) in [6.45, 7) is 7.36. The summed E-state index contributed by atoms with van der Waals surface area (Å²) in [6, 6.07) is 11.0. The van der Waals surface area contributed by atoms with Crippen LogP contribution in [0.25, 0.3) is 0 Å². The molecule has 0 saturated carbocycles. The number of hydrogen-bond acceptors (Lipinski definition) is 4. The highest BCUT2D eigenvalue weighted by Gasteiger charge is 2.29. The predicted octanol–water partition coefficient (Wildman–Crippen LogP) is 4.16. The quantitative estimate of drug-likeness (QED) is 0.671. The molecule has 0 aliphatic carbocycles. The Morgan fingerprint density at radius 3 is 2.52 bits per heavy atom. The van der Waals surface area contributed by atoms with Crippen LogP contribution in [0.3, 0.4) is 0 Å². The smallest absolute Gasteiger partial charge is 0.233 e. The largest absolute Gasteiger partial charge is 0.337 e. The monoisotopic (exact) mass is 386 g/mol. The van der Waals surface area contributed by atoms with Gasteiger partial charge in [0.15, 0.2) is 5.16 Å². The molecule has 5 nitrogen and oxygen atoms in total. The first-order valence-corrected chi connectivity index (χ1v) is 11.0. The first-order chi connectivity index (χ1) is 13.1. The third kappa shape index (κ3) is 4.92. The Hall–Kier alpha value is -1.82. The third-order valence-corrected chi connectivity index (χ3v) is 6.20. The van der Waals surface area contributed by atoms with Crippen LogP contribution in [-0.2, 0) is 17.8 Å². The van der Waals surface area contributed by atoms with Gasteiger partial charge in [-0.1, -0.05) is 49.0 Å². The lowest BCUT2D eigenvalue weighted by Crippen LogP contribution is -2.48. The van der Waals surface area contributed by atoms with E-state index in [1.807, 2.05) is 18.2 Å². The zero-order valence-electron chi connectivity index (χ0n) is 16.6. The zero-order valence-corrected chi connectivity index (χ0v) is 17.4. The Bertz CT molecular complexity index is 736. The van der Waals surface area contributed by atoms with Crippen molar-refractivity contribution in [2.75, 3.05) is 5.75 Å². The maximum Gasteiger partial charge on any atom is 0.233 e. The first kappa shape index (κ1) is 19.9. The van der Waals surface area contributed by atoms with Crippen LogP contribution < -0.4 is 0 Å². The molecule has 0 radical (unpaired) electrons. The molecular weight excluding hydrogens is 356 g/mol. The van der Waals surface area contributed by atoms with Crippen LogP contribution in [0.5, 0.6) is 0 Å². The summed E-state index contributed by atoms with van der Waals surface area (Å²) in [7, 11) is 0. The molecule has 146 valence electrons. The number of benzene rings is 1. The van der Waals surface area contributed by atoms with Gasteiger partial charge in [0.2, 0.25) is 5.91 Å². The number of carbonyl (C=O) groups is 1. The minimum absolute atomic E-state index is 0.218. The van der Waals surface area contributed by atoms with E-state index < -0.39 is 0 Å². The molecule has 0 unspecified atom stereocenters. The molecule has 1 aromatic carbocycles. The Balaban J connectivity index is 1.68. The molecule has 2 aromatic rings. The summed E-state index contributed by atoms with van der Waals surface area (Å²) < 4.78 is 2.17. The predicted molar refractivity (Wildman–Crippen MR) is 110 cm³/mol. The van der Waals surface area contributed by atoms with Crippen LogP contribution in [0, 0.1) is 0 Å². The van der Waals surface area contributed by atoms with E-state index in [2.05, 4.69) is 52.6 Å². The topological polar surface area (TPSA) is 51.0 Å². The summed E-state index contributed by atoms with van der Waals surface area (Å²) in [5, 5.41) is 9.66. The van der Waals surface area contributed by atoms with E-state index in [4.69, 9.17) is 0 Å². The van der Waals surface area contributed by atoms with Gasteiger partial charge in [-0.15, -0.1) is 10.2 Å². The molecule has 0 bridgehead atoms. The number of rotatable bonds is 7. The van der Waals surface area contributed by atoms with E-state index in [9.17, 15) is 4.79 Å². The molecule has 2 heterocycles. The van der Waals surface area contributed by atoms with E-state index in [0.29, 0.717) is 17.8 Å². The summed E-state index contributed by atoms with van der Waals surface area (Å²) in [5.41, 5.74) is 1.23. The van der Waals surface area contributed by atoms with Gasteiger partial charge in [-0.05, 0) is 45.1 Å². The van der Waals surface area contributed by atoms with Gasteiger partial charge in [-0.25, -0.2) is 0 Å². The summed E-state index contributed by atoms with van der Waals surface area (Å²) in [6.07, 6.45) is 5.21. The van der Waals surface area contributed by atoms with E-state index in [1.54, 1.807) is 0 Å². The molecule has 1 saturated heterocycles. The maximum atomic E-state index is 12.8. The molecule has 0 N–H and O–H groups in total. The molecule has 2 atom stereocenters. The fourth-order valence-electron chi connectivity index (χ4n) is 3.90. The van der Waals surface area contributed by atoms with Crippen molar-refractivity contribution < 1.29 is 4.79 Å². The second-order valence-electron chi connectivity index (χ2n) is 7.43. The van der Waals surface area contributed by atoms with Crippen molar-refractivity contribution in [3.8, 4) is 0 Å². The molecule has 27 heavy (non-hydrogen) atoms. The van der Waals surface area contributed by atoms with Crippen LogP contribution in [0.15, 0.2) is 35.5 Å². The molecule has 1 aliphatic rings. The molecule has 1 amide bonds. The minimum Gasteiger partial charge on any atom is -0.337 e. The van der Waals surface area contributed by atoms with Gasteiger partial charge >= 0.3 is 0 Å². The molecule has 0 spiro atoms. The van der Waals surface area contributed by atoms with Gasteiger partial charge in [0.25, 0.3) is 0 Å². The van der Waals surface area contributed by atoms with Crippen molar-refractivity contribution in [3.63, 3.8) is 0 Å². The number of thioether (sulfide) groups is 1. The van der Waals surface area contributed by atoms with E-state index in [0.717, 1.165) is 43.2 Å². The van der Waals surface area contributed by atoms with Gasteiger partial charge in [0.05, 0.1) is 5.75 Å². The van der Waals surface area contributed by atoms with Crippen LogP contribution in [0.2, 0.25) is 0 Å². The number of carbonyl (C=O) groups excluding carboxylic acids is 1. The molecule has 3 rings (SSSR count). The Morgan fingerprint density at radius 2 is 1.85 bits per heavy atom. The SMILES string of the molecule is CCCn1c(Cc2ccccc2)nnc1SCC(=O)N1[C@H](C)CCC[C@@H]1C. The number of piperidine rings is 1. The molecular formula is C21H30N4OS. The summed E-state index contributed by atoms with van der Waals surface area (Å²) in [5.74, 6) is 1.62. The lowest BCUT2D eigenvalue weighted by molar-refractivity contribution is -0.134. The van der Waals surface area contributed by atoms with Crippen LogP contribution in [-0.4, -0.2) is 43.4 Å². The second-order valence-corrected chi connectivity index (χ2v) is 8.37. The van der Waals surface area contributed by atoms with E-state index in [1.165, 1.54) is 23.7 Å². The van der Waals surface area contributed by atoms with Crippen molar-refractivity contribution in [2.24, 2.45) is 0 Å². The number of likely N-dealkylation sites (tertiary alicyclic amines) is 1. The molecule has 1 fully saturated rings. The first-order valence-electron chi connectivity index (χ1n) is 10.00. The van der Waals surface area contributed by atoms with Gasteiger partial charge in [-0.3, -0.25) is 4.79 Å². The van der Waals surface area contributed by atoms with Crippen molar-refractivity contribution in [1.82, 2.24) is 19.7 Å². The average Bonchev–Trinajstić information content (AvgIpc) is 3.03. The number of amides is 1. The highest BCUT2D eigenvalue weighted by atomic mass is 32.2. The number of hydrogen-bond donors (Lipinski definition) is 0. The summed E-state index contributed by atoms with van der Waals surface area (Å²) >= 11 is 1.52. The normalized spacial score (nSPS) is 20.0. The lowest BCUT2D eigenvalue weighted by atomic mass is 9.98. The van der Waals surface area contributed by atoms with Crippen molar-refractivity contribution in [1.29, 1.82) is 0 Å². The highest BCUT2D eigenvalue weighted by molar-refractivity contribution is 7.99. The van der Waals surface area contributed by atoms with Crippen molar-refractivity contribution in [2.45, 2.75) is 76.7 Å². The molecule has 1 aromatic heterocycles. The van der Waals surface area contributed by atoms with Crippen molar-refractivity contribution >= 4 is 17.7 Å². The standard InChI is InChI=1S/C21H30N4OS/c1-4-13-24-19(14-18-11-6-5-7-12-18)22-23-21(24)27-15-20(26)25-16(2)9-8-10-17(25)3/h5-7,11-12,16-17H,4,8-10,13-15H2,1-3H3/t16-,17+. The van der Waals surface area contributed by atoms with Crippen LogP contribution in [0.1, 0.15) is 57.8 Å². The Labute approximate surface area is 166 Å². The van der Waals surface area contributed by atoms with Crippen LogP contribution >= 0.6 is 11.8 Å². The van der Waals surface area contributed by atoms with Crippen molar-refractivity contribution in [3.05, 3.63) is 41.7 Å². The van der Waals surface area contributed by atoms with E-state index in [-0.39, 0.29) is 5.91 Å². The number of aromatic nitrogens is 3.